The summed E-state index contributed by atoms with van der Waals surface area (Å²) in [4.78, 5) is 0. The standard InChI is InChI=1S/C12H12F2O/c1-8(3-4-9(2)13)11-6-5-10(15)7-12(11)14/h3-7,15H,1-2H3/b8-3+,9-4+. The largest absolute Gasteiger partial charge is 0.508 e. The molecule has 3 heteroatoms. The van der Waals surface area contributed by atoms with Crippen LogP contribution in [-0.2, 0) is 0 Å². The Morgan fingerprint density at radius 2 is 1.93 bits per heavy atom. The first-order valence-electron chi connectivity index (χ1n) is 4.50. The van der Waals surface area contributed by atoms with Gasteiger partial charge in [-0.1, -0.05) is 6.08 Å². The lowest BCUT2D eigenvalue weighted by molar-refractivity contribution is 0.469. The molecule has 1 N–H and O–H groups in total. The molecule has 0 bridgehead atoms. The van der Waals surface area contributed by atoms with Crippen molar-refractivity contribution in [3.8, 4) is 5.75 Å². The predicted octanol–water partition coefficient (Wildman–Crippen LogP) is 3.81. The SMILES string of the molecule is C/C(F)=C\C=C(/C)c1ccc(O)cc1F. The van der Waals surface area contributed by atoms with Crippen LogP contribution in [-0.4, -0.2) is 5.11 Å². The fourth-order valence-electron chi connectivity index (χ4n) is 1.15. The molecular weight excluding hydrogens is 198 g/mol. The van der Waals surface area contributed by atoms with Crippen LogP contribution in [0.4, 0.5) is 8.78 Å². The molecule has 0 aromatic heterocycles. The van der Waals surface area contributed by atoms with Gasteiger partial charge in [0, 0.05) is 11.6 Å². The van der Waals surface area contributed by atoms with E-state index < -0.39 is 5.82 Å². The number of phenols is 1. The van der Waals surface area contributed by atoms with Crippen molar-refractivity contribution < 1.29 is 13.9 Å². The van der Waals surface area contributed by atoms with E-state index in [2.05, 4.69) is 0 Å². The molecule has 1 aromatic carbocycles. The van der Waals surface area contributed by atoms with Crippen LogP contribution in [0.5, 0.6) is 5.75 Å². The van der Waals surface area contributed by atoms with E-state index in [9.17, 15) is 8.78 Å². The van der Waals surface area contributed by atoms with Crippen LogP contribution in [0.1, 0.15) is 19.4 Å². The van der Waals surface area contributed by atoms with Gasteiger partial charge in [0.25, 0.3) is 0 Å². The first-order chi connectivity index (χ1) is 7.00. The topological polar surface area (TPSA) is 20.2 Å². The maximum atomic E-state index is 13.3. The Morgan fingerprint density at radius 3 is 2.47 bits per heavy atom. The van der Waals surface area contributed by atoms with Crippen LogP contribution in [0.15, 0.2) is 36.2 Å². The van der Waals surface area contributed by atoms with Gasteiger partial charge in [0.05, 0.1) is 5.83 Å². The first-order valence-corrected chi connectivity index (χ1v) is 4.50. The molecule has 1 aromatic rings. The van der Waals surface area contributed by atoms with Crippen molar-refractivity contribution in [1.29, 1.82) is 0 Å². The molecule has 0 radical (unpaired) electrons. The van der Waals surface area contributed by atoms with E-state index in [4.69, 9.17) is 5.11 Å². The predicted molar refractivity (Wildman–Crippen MR) is 56.6 cm³/mol. The number of hydrogen-bond acceptors (Lipinski definition) is 1. The molecule has 0 aliphatic rings. The number of hydrogen-bond donors (Lipinski definition) is 1. The number of aromatic hydroxyl groups is 1. The second kappa shape index (κ2) is 4.73. The fraction of sp³-hybridized carbons (Fsp3) is 0.167. The molecule has 80 valence electrons. The molecule has 0 atom stereocenters. The maximum absolute atomic E-state index is 13.3. The number of halogens is 2. The number of rotatable bonds is 2. The Morgan fingerprint density at radius 1 is 1.27 bits per heavy atom. The van der Waals surface area contributed by atoms with Crippen molar-refractivity contribution in [3.05, 3.63) is 47.6 Å². The second-order valence-electron chi connectivity index (χ2n) is 3.27. The maximum Gasteiger partial charge on any atom is 0.134 e. The van der Waals surface area contributed by atoms with Gasteiger partial charge < -0.3 is 5.11 Å². The van der Waals surface area contributed by atoms with E-state index in [-0.39, 0.29) is 11.6 Å². The molecule has 1 rings (SSSR count). The number of phenolic OH excluding ortho intramolecular Hbond substituents is 1. The van der Waals surface area contributed by atoms with Crippen molar-refractivity contribution in [2.24, 2.45) is 0 Å². The number of allylic oxidation sites excluding steroid dienone is 4. The normalized spacial score (nSPS) is 13.1. The molecule has 0 aliphatic heterocycles. The van der Waals surface area contributed by atoms with E-state index in [1.165, 1.54) is 31.2 Å². The van der Waals surface area contributed by atoms with E-state index in [0.29, 0.717) is 11.1 Å². The smallest absolute Gasteiger partial charge is 0.134 e. The summed E-state index contributed by atoms with van der Waals surface area (Å²) in [6.45, 7) is 2.99. The second-order valence-corrected chi connectivity index (χ2v) is 3.27. The number of benzene rings is 1. The van der Waals surface area contributed by atoms with Crippen LogP contribution in [0.2, 0.25) is 0 Å². The van der Waals surface area contributed by atoms with E-state index >= 15 is 0 Å². The third kappa shape index (κ3) is 3.20. The van der Waals surface area contributed by atoms with Crippen molar-refractivity contribution in [2.45, 2.75) is 13.8 Å². The van der Waals surface area contributed by atoms with Crippen molar-refractivity contribution in [3.63, 3.8) is 0 Å². The van der Waals surface area contributed by atoms with Crippen LogP contribution in [0, 0.1) is 5.82 Å². The highest BCUT2D eigenvalue weighted by Gasteiger charge is 2.03. The fourth-order valence-corrected chi connectivity index (χ4v) is 1.15. The van der Waals surface area contributed by atoms with Gasteiger partial charge in [-0.15, -0.1) is 0 Å². The van der Waals surface area contributed by atoms with Gasteiger partial charge >= 0.3 is 0 Å². The Labute approximate surface area is 87.4 Å². The third-order valence-corrected chi connectivity index (χ3v) is 1.94. The molecule has 0 aliphatic carbocycles. The zero-order valence-corrected chi connectivity index (χ0v) is 8.59. The van der Waals surface area contributed by atoms with Gasteiger partial charge in [0.2, 0.25) is 0 Å². The summed E-state index contributed by atoms with van der Waals surface area (Å²) in [5, 5.41) is 9.01. The van der Waals surface area contributed by atoms with E-state index in [0.717, 1.165) is 6.07 Å². The van der Waals surface area contributed by atoms with Crippen LogP contribution < -0.4 is 0 Å². The molecule has 0 spiro atoms. The van der Waals surface area contributed by atoms with Crippen LogP contribution in [0.25, 0.3) is 5.57 Å². The van der Waals surface area contributed by atoms with Crippen molar-refractivity contribution >= 4 is 5.57 Å². The van der Waals surface area contributed by atoms with Crippen molar-refractivity contribution in [1.82, 2.24) is 0 Å². The molecule has 0 saturated carbocycles. The molecule has 0 heterocycles. The lowest BCUT2D eigenvalue weighted by atomic mass is 10.1. The van der Waals surface area contributed by atoms with Gasteiger partial charge in [-0.3, -0.25) is 0 Å². The van der Waals surface area contributed by atoms with E-state index in [1.807, 2.05) is 0 Å². The minimum atomic E-state index is -0.520. The summed E-state index contributed by atoms with van der Waals surface area (Å²) < 4.78 is 25.7. The minimum Gasteiger partial charge on any atom is -0.508 e. The highest BCUT2D eigenvalue weighted by atomic mass is 19.1. The van der Waals surface area contributed by atoms with Crippen LogP contribution in [0.3, 0.4) is 0 Å². The highest BCUT2D eigenvalue weighted by molar-refractivity contribution is 5.66. The first kappa shape index (κ1) is 11.4. The summed E-state index contributed by atoms with van der Waals surface area (Å²) in [6, 6.07) is 3.87. The molecule has 15 heavy (non-hydrogen) atoms. The third-order valence-electron chi connectivity index (χ3n) is 1.94. The Kier molecular flexibility index (Phi) is 3.61. The average Bonchev–Trinajstić information content (AvgIpc) is 2.14. The monoisotopic (exact) mass is 210 g/mol. The summed E-state index contributed by atoms with van der Waals surface area (Å²) in [5.74, 6) is -0.983. The van der Waals surface area contributed by atoms with Gasteiger partial charge in [-0.2, -0.15) is 0 Å². The molecule has 0 saturated heterocycles. The molecule has 0 fully saturated rings. The highest BCUT2D eigenvalue weighted by Crippen LogP contribution is 2.21. The van der Waals surface area contributed by atoms with Crippen LogP contribution >= 0.6 is 0 Å². The summed E-state index contributed by atoms with van der Waals surface area (Å²) >= 11 is 0. The summed E-state index contributed by atoms with van der Waals surface area (Å²) in [5.41, 5.74) is 0.954. The van der Waals surface area contributed by atoms with Gasteiger partial charge in [-0.25, -0.2) is 8.78 Å². The zero-order valence-electron chi connectivity index (χ0n) is 8.59. The molecular formula is C12H12F2O. The molecule has 1 nitrogen and oxygen atoms in total. The lowest BCUT2D eigenvalue weighted by Crippen LogP contribution is -1.85. The van der Waals surface area contributed by atoms with Gasteiger partial charge in [0.1, 0.15) is 11.6 Å². The summed E-state index contributed by atoms with van der Waals surface area (Å²) in [6.07, 6.45) is 2.76. The van der Waals surface area contributed by atoms with Gasteiger partial charge in [0.15, 0.2) is 0 Å². The summed E-state index contributed by atoms with van der Waals surface area (Å²) in [7, 11) is 0. The Balaban J connectivity index is 3.06. The lowest BCUT2D eigenvalue weighted by Gasteiger charge is -2.02. The average molecular weight is 210 g/mol. The zero-order chi connectivity index (χ0) is 11.4. The minimum absolute atomic E-state index is 0.124. The van der Waals surface area contributed by atoms with Crippen molar-refractivity contribution in [2.75, 3.05) is 0 Å². The van der Waals surface area contributed by atoms with Gasteiger partial charge in [-0.05, 0) is 37.6 Å². The molecule has 0 unspecified atom stereocenters. The Bertz CT molecular complexity index is 416. The quantitative estimate of drug-likeness (QED) is 0.736. The Hall–Kier alpha value is -1.64. The van der Waals surface area contributed by atoms with E-state index in [1.54, 1.807) is 6.92 Å². The molecule has 0 amide bonds.